The Kier molecular flexibility index (Phi) is 4.28. The number of hydrogen-bond donors (Lipinski definition) is 2. The highest BCUT2D eigenvalue weighted by molar-refractivity contribution is 5.43. The Hall–Kier alpha value is -1.46. The summed E-state index contributed by atoms with van der Waals surface area (Å²) in [4.78, 5) is 0. The first-order valence-corrected chi connectivity index (χ1v) is 6.75. The average Bonchev–Trinajstić information content (AvgIpc) is 2.38. The molecule has 0 amide bonds. The Morgan fingerprint density at radius 1 is 1.50 bits per heavy atom. The van der Waals surface area contributed by atoms with Crippen molar-refractivity contribution in [2.45, 2.75) is 38.6 Å². The van der Waals surface area contributed by atoms with Crippen molar-refractivity contribution in [3.63, 3.8) is 0 Å². The first kappa shape index (κ1) is 13.0. The highest BCUT2D eigenvalue weighted by Gasteiger charge is 2.30. The van der Waals surface area contributed by atoms with Crippen LogP contribution in [0.2, 0.25) is 0 Å². The fourth-order valence-electron chi connectivity index (χ4n) is 3.04. The molecular weight excluding hydrogens is 222 g/mol. The molecule has 0 aliphatic heterocycles. The van der Waals surface area contributed by atoms with Crippen molar-refractivity contribution in [1.82, 2.24) is 5.32 Å². The number of rotatable bonds is 4. The zero-order valence-corrected chi connectivity index (χ0v) is 10.9. The van der Waals surface area contributed by atoms with Gasteiger partial charge in [-0.05, 0) is 36.8 Å². The van der Waals surface area contributed by atoms with E-state index in [2.05, 4.69) is 24.2 Å². The van der Waals surface area contributed by atoms with E-state index in [0.717, 1.165) is 12.0 Å². The molecule has 2 nitrogen and oxygen atoms in total. The number of hydrogen-bond acceptors (Lipinski definition) is 2. The maximum atomic E-state index is 10.1. The lowest BCUT2D eigenvalue weighted by Crippen LogP contribution is -2.32. The molecule has 2 rings (SSSR count). The third-order valence-corrected chi connectivity index (χ3v) is 3.82. The maximum absolute atomic E-state index is 10.1. The first-order valence-electron chi connectivity index (χ1n) is 6.75. The van der Waals surface area contributed by atoms with Gasteiger partial charge in [-0.2, -0.15) is 0 Å². The molecule has 0 fully saturated rings. The summed E-state index contributed by atoms with van der Waals surface area (Å²) >= 11 is 0. The van der Waals surface area contributed by atoms with Crippen molar-refractivity contribution in [3.8, 4) is 18.1 Å². The molecule has 0 spiro atoms. The second-order valence-electron chi connectivity index (χ2n) is 5.00. The van der Waals surface area contributed by atoms with E-state index in [1.165, 1.54) is 24.8 Å². The van der Waals surface area contributed by atoms with Crippen molar-refractivity contribution in [3.05, 3.63) is 29.3 Å². The summed E-state index contributed by atoms with van der Waals surface area (Å²) in [5, 5.41) is 13.5. The van der Waals surface area contributed by atoms with Gasteiger partial charge in [-0.15, -0.1) is 6.42 Å². The van der Waals surface area contributed by atoms with Crippen LogP contribution < -0.4 is 5.32 Å². The van der Waals surface area contributed by atoms with Crippen LogP contribution in [0.3, 0.4) is 0 Å². The van der Waals surface area contributed by atoms with E-state index in [1.54, 1.807) is 6.07 Å². The second-order valence-corrected chi connectivity index (χ2v) is 5.00. The molecule has 18 heavy (non-hydrogen) atoms. The van der Waals surface area contributed by atoms with Crippen molar-refractivity contribution in [1.29, 1.82) is 0 Å². The molecule has 1 aliphatic carbocycles. The molecule has 0 heterocycles. The quantitative estimate of drug-likeness (QED) is 0.797. The normalized spacial score (nSPS) is 22.2. The molecule has 0 radical (unpaired) electrons. The predicted molar refractivity (Wildman–Crippen MR) is 74.4 cm³/mol. The molecule has 0 aromatic heterocycles. The van der Waals surface area contributed by atoms with Gasteiger partial charge in [0.2, 0.25) is 0 Å². The number of phenolic OH excluding ortho intramolecular Hbond substituents is 1. The maximum Gasteiger partial charge on any atom is 0.120 e. The Morgan fingerprint density at radius 3 is 3.06 bits per heavy atom. The standard InChI is InChI=1S/C16H21NO/c1-3-6-13-10-9-12-7-5-8-14(18)15(12)16(13)17-11-4-2/h2,5,7-8,13,16-18H,3,6,9-11H2,1H3. The topological polar surface area (TPSA) is 32.3 Å². The van der Waals surface area contributed by atoms with Crippen molar-refractivity contribution in [2.75, 3.05) is 6.54 Å². The lowest BCUT2D eigenvalue weighted by Gasteiger charge is -2.34. The van der Waals surface area contributed by atoms with Crippen molar-refractivity contribution in [2.24, 2.45) is 5.92 Å². The monoisotopic (exact) mass is 243 g/mol. The van der Waals surface area contributed by atoms with Gasteiger partial charge < -0.3 is 5.11 Å². The molecule has 2 unspecified atom stereocenters. The van der Waals surface area contributed by atoms with E-state index in [-0.39, 0.29) is 6.04 Å². The summed E-state index contributed by atoms with van der Waals surface area (Å²) in [6.07, 6.45) is 9.92. The van der Waals surface area contributed by atoms with Gasteiger partial charge in [0.05, 0.1) is 6.54 Å². The molecule has 0 saturated heterocycles. The van der Waals surface area contributed by atoms with Crippen LogP contribution in [-0.2, 0) is 6.42 Å². The number of phenols is 1. The summed E-state index contributed by atoms with van der Waals surface area (Å²) in [6.45, 7) is 2.76. The molecule has 0 saturated carbocycles. The van der Waals surface area contributed by atoms with Crippen molar-refractivity contribution >= 4 is 0 Å². The molecule has 96 valence electrons. The molecule has 2 N–H and O–H groups in total. The van der Waals surface area contributed by atoms with Crippen LogP contribution >= 0.6 is 0 Å². The van der Waals surface area contributed by atoms with Gasteiger partial charge >= 0.3 is 0 Å². The number of nitrogens with one attached hydrogen (secondary N) is 1. The Bertz CT molecular complexity index is 447. The van der Waals surface area contributed by atoms with Gasteiger partial charge in [0.15, 0.2) is 0 Å². The molecule has 1 aliphatic rings. The highest BCUT2D eigenvalue weighted by Crippen LogP contribution is 2.41. The van der Waals surface area contributed by atoms with Crippen molar-refractivity contribution < 1.29 is 5.11 Å². The fraction of sp³-hybridized carbons (Fsp3) is 0.500. The van der Waals surface area contributed by atoms with Gasteiger partial charge in [-0.25, -0.2) is 0 Å². The Labute approximate surface area is 109 Å². The van der Waals surface area contributed by atoms with Crippen LogP contribution in [0.1, 0.15) is 43.4 Å². The van der Waals surface area contributed by atoms with Gasteiger partial charge in [0.1, 0.15) is 5.75 Å². The molecule has 1 aromatic carbocycles. The summed E-state index contributed by atoms with van der Waals surface area (Å²) in [5.41, 5.74) is 2.33. The number of aryl methyl sites for hydroxylation is 1. The third-order valence-electron chi connectivity index (χ3n) is 3.82. The summed E-state index contributed by atoms with van der Waals surface area (Å²) in [6, 6.07) is 6.01. The van der Waals surface area contributed by atoms with Crippen LogP contribution in [0, 0.1) is 18.3 Å². The highest BCUT2D eigenvalue weighted by atomic mass is 16.3. The third kappa shape index (κ3) is 2.52. The van der Waals surface area contributed by atoms with E-state index in [1.807, 2.05) is 6.07 Å². The number of terminal acetylenes is 1. The molecule has 2 heteroatoms. The fourth-order valence-corrected chi connectivity index (χ4v) is 3.04. The van der Waals surface area contributed by atoms with Crippen LogP contribution in [0.25, 0.3) is 0 Å². The van der Waals surface area contributed by atoms with E-state index in [4.69, 9.17) is 6.42 Å². The summed E-state index contributed by atoms with van der Waals surface area (Å²) < 4.78 is 0. The number of fused-ring (bicyclic) bond motifs is 1. The van der Waals surface area contributed by atoms with Crippen LogP contribution in [-0.4, -0.2) is 11.7 Å². The zero-order valence-electron chi connectivity index (χ0n) is 10.9. The van der Waals surface area contributed by atoms with Gasteiger partial charge in [0, 0.05) is 11.6 Å². The number of aromatic hydroxyl groups is 1. The minimum Gasteiger partial charge on any atom is -0.508 e. The molecule has 2 atom stereocenters. The van der Waals surface area contributed by atoms with E-state index in [9.17, 15) is 5.11 Å². The molecular formula is C16H21NO. The van der Waals surface area contributed by atoms with E-state index >= 15 is 0 Å². The van der Waals surface area contributed by atoms with Crippen LogP contribution in [0.4, 0.5) is 0 Å². The van der Waals surface area contributed by atoms with Crippen LogP contribution in [0.5, 0.6) is 5.75 Å². The zero-order chi connectivity index (χ0) is 13.0. The second kappa shape index (κ2) is 5.93. The predicted octanol–water partition coefficient (Wildman–Crippen LogP) is 3.02. The average molecular weight is 243 g/mol. The Balaban J connectivity index is 2.32. The summed E-state index contributed by atoms with van der Waals surface area (Å²) in [5.74, 6) is 3.61. The SMILES string of the molecule is C#CCNC1c2c(O)cccc2CCC1CCC. The van der Waals surface area contributed by atoms with E-state index < -0.39 is 0 Å². The molecule has 1 aromatic rings. The first-order chi connectivity index (χ1) is 8.77. The van der Waals surface area contributed by atoms with Gasteiger partial charge in [-0.3, -0.25) is 5.32 Å². The van der Waals surface area contributed by atoms with Gasteiger partial charge in [0.25, 0.3) is 0 Å². The molecule has 0 bridgehead atoms. The minimum absolute atomic E-state index is 0.200. The number of benzene rings is 1. The van der Waals surface area contributed by atoms with Gasteiger partial charge in [-0.1, -0.05) is 31.4 Å². The van der Waals surface area contributed by atoms with E-state index in [0.29, 0.717) is 18.2 Å². The minimum atomic E-state index is 0.200. The lowest BCUT2D eigenvalue weighted by molar-refractivity contribution is 0.299. The van der Waals surface area contributed by atoms with Crippen LogP contribution in [0.15, 0.2) is 18.2 Å². The smallest absolute Gasteiger partial charge is 0.120 e. The lowest BCUT2D eigenvalue weighted by atomic mass is 9.77. The Morgan fingerprint density at radius 2 is 2.33 bits per heavy atom. The largest absolute Gasteiger partial charge is 0.508 e. The summed E-state index contributed by atoms with van der Waals surface area (Å²) in [7, 11) is 0.